The van der Waals surface area contributed by atoms with E-state index in [-0.39, 0.29) is 19.6 Å². The third-order valence-electron chi connectivity index (χ3n) is 5.55. The number of rotatable bonds is 7. The van der Waals surface area contributed by atoms with Gasteiger partial charge in [0.2, 0.25) is 0 Å². The van der Waals surface area contributed by atoms with E-state index < -0.39 is 29.9 Å². The quantitative estimate of drug-likeness (QED) is 0.283. The van der Waals surface area contributed by atoms with E-state index in [1.54, 1.807) is 9.80 Å². The van der Waals surface area contributed by atoms with Gasteiger partial charge in [-0.1, -0.05) is 0 Å². The first-order chi connectivity index (χ1) is 14.8. The Labute approximate surface area is 181 Å². The van der Waals surface area contributed by atoms with E-state index in [1.807, 2.05) is 9.80 Å². The molecule has 2 aliphatic rings. The molecule has 0 aliphatic carbocycles. The molecule has 0 aromatic heterocycles. The molecule has 31 heavy (non-hydrogen) atoms. The lowest BCUT2D eigenvalue weighted by atomic mass is 10.1. The largest absolute Gasteiger partial charge is 0.480 e. The van der Waals surface area contributed by atoms with Crippen molar-refractivity contribution in [1.29, 1.82) is 0 Å². The topological polar surface area (TPSA) is 157 Å². The lowest BCUT2D eigenvalue weighted by molar-refractivity contribution is -0.163. The standard InChI is InChI=1S/C19H33N5O7/c20-3-1-2-15-19(30)31-18(29)14-23-7-6-21(12-16(25)26)4-5-22(13-17(27)28)8-10-24(15)11-9-23/h15H,1-14,20H2,(H,25,26)(H,27,28). The van der Waals surface area contributed by atoms with Crippen LogP contribution >= 0.6 is 0 Å². The minimum absolute atomic E-state index is 0.0464. The van der Waals surface area contributed by atoms with E-state index in [0.29, 0.717) is 71.7 Å². The summed E-state index contributed by atoms with van der Waals surface area (Å²) >= 11 is 0. The highest BCUT2D eigenvalue weighted by molar-refractivity contribution is 5.89. The molecule has 2 heterocycles. The first-order valence-corrected chi connectivity index (χ1v) is 10.6. The van der Waals surface area contributed by atoms with Crippen LogP contribution < -0.4 is 5.73 Å². The van der Waals surface area contributed by atoms with Crippen molar-refractivity contribution in [2.75, 3.05) is 78.5 Å². The molecule has 3 atom stereocenters. The van der Waals surface area contributed by atoms with Crippen LogP contribution in [-0.4, -0.2) is 138 Å². The molecule has 2 bridgehead atoms. The number of carbonyl (C=O) groups excluding carboxylic acids is 2. The predicted molar refractivity (Wildman–Crippen MR) is 109 cm³/mol. The molecule has 12 heteroatoms. The van der Waals surface area contributed by atoms with Gasteiger partial charge in [0, 0.05) is 52.4 Å². The first-order valence-electron chi connectivity index (χ1n) is 10.6. The summed E-state index contributed by atoms with van der Waals surface area (Å²) in [6, 6.07) is -0.620. The number of fused-ring (bicyclic) bond motifs is 3. The van der Waals surface area contributed by atoms with Crippen molar-refractivity contribution < 1.29 is 34.1 Å². The third kappa shape index (κ3) is 8.87. The molecular weight excluding hydrogens is 410 g/mol. The Balaban J connectivity index is 2.25. The Kier molecular flexibility index (Phi) is 10.3. The number of hydrogen-bond donors (Lipinski definition) is 3. The van der Waals surface area contributed by atoms with E-state index in [9.17, 15) is 29.4 Å². The summed E-state index contributed by atoms with van der Waals surface area (Å²) < 4.78 is 5.08. The maximum absolute atomic E-state index is 12.7. The molecule has 0 spiro atoms. The van der Waals surface area contributed by atoms with Crippen molar-refractivity contribution in [3.8, 4) is 0 Å². The van der Waals surface area contributed by atoms with Crippen LogP contribution in [0, 0.1) is 0 Å². The molecule has 2 rings (SSSR count). The summed E-state index contributed by atoms with van der Waals surface area (Å²) in [6.45, 7) is 3.38. The van der Waals surface area contributed by atoms with Crippen molar-refractivity contribution in [3.63, 3.8) is 0 Å². The number of carboxylic acid groups (broad SMARTS) is 2. The molecule has 4 N–H and O–H groups in total. The van der Waals surface area contributed by atoms with Gasteiger partial charge in [0.1, 0.15) is 6.04 Å². The number of aliphatic carboxylic acids is 2. The van der Waals surface area contributed by atoms with Gasteiger partial charge in [0.25, 0.3) is 0 Å². The van der Waals surface area contributed by atoms with Crippen LogP contribution in [0.5, 0.6) is 0 Å². The fourth-order valence-electron chi connectivity index (χ4n) is 3.88. The predicted octanol–water partition coefficient (Wildman–Crippen LogP) is -2.43. The second-order valence-corrected chi connectivity index (χ2v) is 7.89. The Morgan fingerprint density at radius 1 is 0.903 bits per heavy atom. The van der Waals surface area contributed by atoms with Crippen LogP contribution in [0.3, 0.4) is 0 Å². The maximum Gasteiger partial charge on any atom is 0.331 e. The Morgan fingerprint density at radius 3 is 2.00 bits per heavy atom. The summed E-state index contributed by atoms with van der Waals surface area (Å²) in [5, 5.41) is 18.5. The van der Waals surface area contributed by atoms with Gasteiger partial charge in [-0.25, -0.2) is 4.79 Å². The summed E-state index contributed by atoms with van der Waals surface area (Å²) in [5.74, 6) is -3.18. The summed E-state index contributed by atoms with van der Waals surface area (Å²) in [4.78, 5) is 54.7. The van der Waals surface area contributed by atoms with Gasteiger partial charge in [-0.3, -0.25) is 34.0 Å². The van der Waals surface area contributed by atoms with Gasteiger partial charge in [0.05, 0.1) is 19.6 Å². The molecule has 0 aromatic carbocycles. The number of nitrogens with two attached hydrogens (primary N) is 1. The van der Waals surface area contributed by atoms with Crippen molar-refractivity contribution in [1.82, 2.24) is 19.6 Å². The van der Waals surface area contributed by atoms with Crippen LogP contribution in [0.25, 0.3) is 0 Å². The highest BCUT2D eigenvalue weighted by Crippen LogP contribution is 2.13. The molecule has 176 valence electrons. The maximum atomic E-state index is 12.7. The van der Waals surface area contributed by atoms with Crippen molar-refractivity contribution in [3.05, 3.63) is 0 Å². The average Bonchev–Trinajstić information content (AvgIpc) is 2.73. The van der Waals surface area contributed by atoms with E-state index in [0.717, 1.165) is 0 Å². The molecule has 0 saturated carbocycles. The zero-order valence-electron chi connectivity index (χ0n) is 17.8. The van der Waals surface area contributed by atoms with Crippen molar-refractivity contribution >= 4 is 23.9 Å². The van der Waals surface area contributed by atoms with Crippen molar-refractivity contribution in [2.24, 2.45) is 5.73 Å². The highest BCUT2D eigenvalue weighted by Gasteiger charge is 2.32. The Bertz CT molecular complexity index is 647. The van der Waals surface area contributed by atoms with Gasteiger partial charge in [-0.05, 0) is 19.4 Å². The average molecular weight is 444 g/mol. The molecular formula is C19H33N5O7. The van der Waals surface area contributed by atoms with Gasteiger partial charge >= 0.3 is 23.9 Å². The fraction of sp³-hybridized carbons (Fsp3) is 0.789. The van der Waals surface area contributed by atoms with E-state index in [1.165, 1.54) is 0 Å². The van der Waals surface area contributed by atoms with E-state index in [4.69, 9.17) is 10.5 Å². The number of cyclic esters (lactones) is 2. The lowest BCUT2D eigenvalue weighted by Crippen LogP contribution is -2.50. The van der Waals surface area contributed by atoms with Crippen LogP contribution in [-0.2, 0) is 23.9 Å². The number of hydrogen-bond acceptors (Lipinski definition) is 10. The highest BCUT2D eigenvalue weighted by atomic mass is 16.6. The van der Waals surface area contributed by atoms with Gasteiger partial charge in [-0.2, -0.15) is 0 Å². The number of esters is 2. The van der Waals surface area contributed by atoms with Crippen LogP contribution in [0.4, 0.5) is 0 Å². The van der Waals surface area contributed by atoms with E-state index in [2.05, 4.69) is 0 Å². The van der Waals surface area contributed by atoms with E-state index >= 15 is 0 Å². The zero-order chi connectivity index (χ0) is 22.8. The van der Waals surface area contributed by atoms with Gasteiger partial charge in [0.15, 0.2) is 0 Å². The number of ether oxygens (including phenoxy) is 1. The molecule has 2 aliphatic heterocycles. The molecule has 2 fully saturated rings. The molecule has 0 aromatic rings. The normalized spacial score (nSPS) is 27.3. The lowest BCUT2D eigenvalue weighted by Gasteiger charge is -2.34. The molecule has 2 saturated heterocycles. The van der Waals surface area contributed by atoms with Crippen LogP contribution in [0.2, 0.25) is 0 Å². The Hall–Kier alpha value is -2.12. The summed E-state index contributed by atoms with van der Waals surface area (Å²) in [5.41, 5.74) is 5.61. The van der Waals surface area contributed by atoms with Crippen LogP contribution in [0.1, 0.15) is 12.8 Å². The first kappa shape index (κ1) is 25.1. The molecule has 0 amide bonds. The van der Waals surface area contributed by atoms with Gasteiger partial charge in [-0.15, -0.1) is 0 Å². The summed E-state index contributed by atoms with van der Waals surface area (Å²) in [7, 11) is 0. The number of carbonyl (C=O) groups is 4. The number of nitrogens with zero attached hydrogens (tertiary/aromatic N) is 4. The minimum Gasteiger partial charge on any atom is -0.480 e. The zero-order valence-corrected chi connectivity index (χ0v) is 17.8. The molecule has 12 nitrogen and oxygen atoms in total. The smallest absolute Gasteiger partial charge is 0.331 e. The molecule has 0 radical (unpaired) electrons. The number of carboxylic acids is 2. The summed E-state index contributed by atoms with van der Waals surface area (Å²) in [6.07, 6.45) is 1.05. The van der Waals surface area contributed by atoms with Crippen LogP contribution in [0.15, 0.2) is 0 Å². The van der Waals surface area contributed by atoms with Crippen molar-refractivity contribution in [2.45, 2.75) is 18.9 Å². The minimum atomic E-state index is -0.975. The molecule has 3 unspecified atom stereocenters. The van der Waals surface area contributed by atoms with Gasteiger partial charge < -0.3 is 20.7 Å². The second kappa shape index (κ2) is 12.7. The SMILES string of the molecule is NCCCC1C(=O)OC(=O)CN2CCN(CC(=O)O)CCN(CC(=O)O)CCN1CC2. The third-order valence-corrected chi connectivity index (χ3v) is 5.55. The monoisotopic (exact) mass is 443 g/mol. The fourth-order valence-corrected chi connectivity index (χ4v) is 3.88. The Morgan fingerprint density at radius 2 is 1.42 bits per heavy atom. The second-order valence-electron chi connectivity index (χ2n) is 7.89.